The van der Waals surface area contributed by atoms with Crippen LogP contribution in [0.3, 0.4) is 0 Å². The van der Waals surface area contributed by atoms with Gasteiger partial charge in [-0.15, -0.1) is 0 Å². The average Bonchev–Trinajstić information content (AvgIpc) is 3.05. The maximum atomic E-state index is 15.3. The number of halogens is 1. The molecule has 0 bridgehead atoms. The van der Waals surface area contributed by atoms with Gasteiger partial charge in [-0.2, -0.15) is 0 Å². The van der Waals surface area contributed by atoms with E-state index in [1.165, 1.54) is 14.2 Å². The number of hydrogen-bond donors (Lipinski definition) is 1. The van der Waals surface area contributed by atoms with Gasteiger partial charge in [0.15, 0.2) is 0 Å². The first-order chi connectivity index (χ1) is 13.7. The summed E-state index contributed by atoms with van der Waals surface area (Å²) in [7, 11) is 3.05. The fourth-order valence-electron chi connectivity index (χ4n) is 4.14. The molecule has 6 nitrogen and oxygen atoms in total. The van der Waals surface area contributed by atoms with Gasteiger partial charge in [-0.25, -0.2) is 4.39 Å². The second-order valence-electron chi connectivity index (χ2n) is 8.67. The van der Waals surface area contributed by atoms with Crippen LogP contribution in [0.1, 0.15) is 43.5 Å². The Morgan fingerprint density at radius 3 is 2.34 bits per heavy atom. The summed E-state index contributed by atoms with van der Waals surface area (Å²) in [5, 5.41) is 2.75. The van der Waals surface area contributed by atoms with E-state index in [1.807, 2.05) is 0 Å². The van der Waals surface area contributed by atoms with Gasteiger partial charge in [0, 0.05) is 43.8 Å². The van der Waals surface area contributed by atoms with E-state index in [-0.39, 0.29) is 18.1 Å². The minimum Gasteiger partial charge on any atom is -0.497 e. The van der Waals surface area contributed by atoms with Gasteiger partial charge in [-0.05, 0) is 45.2 Å². The number of amides is 1. The zero-order valence-electron chi connectivity index (χ0n) is 17.9. The van der Waals surface area contributed by atoms with E-state index in [0.29, 0.717) is 48.9 Å². The molecule has 0 saturated carbocycles. The van der Waals surface area contributed by atoms with Crippen LogP contribution >= 0.6 is 0 Å². The number of hydrogen-bond acceptors (Lipinski definition) is 5. The number of nitrogens with one attached hydrogen (secondary N) is 1. The second kappa shape index (κ2) is 8.88. The molecule has 0 radical (unpaired) electrons. The van der Waals surface area contributed by atoms with Gasteiger partial charge < -0.3 is 24.4 Å². The normalized spacial score (nSPS) is 23.6. The van der Waals surface area contributed by atoms with Crippen LogP contribution in [0.2, 0.25) is 0 Å². The monoisotopic (exact) mass is 408 g/mol. The summed E-state index contributed by atoms with van der Waals surface area (Å²) in [5.41, 5.74) is -1.09. The van der Waals surface area contributed by atoms with E-state index in [9.17, 15) is 4.79 Å². The molecule has 1 atom stereocenters. The predicted octanol–water partition coefficient (Wildman–Crippen LogP) is 3.05. The number of piperidine rings is 1. The Morgan fingerprint density at radius 1 is 1.21 bits per heavy atom. The van der Waals surface area contributed by atoms with Crippen molar-refractivity contribution in [1.82, 2.24) is 10.2 Å². The van der Waals surface area contributed by atoms with Crippen LogP contribution in [-0.4, -0.2) is 69.1 Å². The van der Waals surface area contributed by atoms with Crippen molar-refractivity contribution in [2.24, 2.45) is 5.92 Å². The Hall–Kier alpha value is -1.86. The lowest BCUT2D eigenvalue weighted by Gasteiger charge is -2.39. The SMILES string of the molecule is COc1cc(OC)cc(C(=O)NCC2(F)CCN(CC3CCOC3(C)C)CC2)c1. The smallest absolute Gasteiger partial charge is 0.251 e. The molecule has 2 saturated heterocycles. The fraction of sp³-hybridized carbons (Fsp3) is 0.682. The first-order valence-corrected chi connectivity index (χ1v) is 10.3. The average molecular weight is 409 g/mol. The largest absolute Gasteiger partial charge is 0.497 e. The van der Waals surface area contributed by atoms with Crippen LogP contribution in [-0.2, 0) is 4.74 Å². The number of methoxy groups -OCH3 is 2. The topological polar surface area (TPSA) is 60.0 Å². The number of carbonyl (C=O) groups excluding carboxylic acids is 1. The van der Waals surface area contributed by atoms with Gasteiger partial charge in [0.05, 0.1) is 26.4 Å². The van der Waals surface area contributed by atoms with Gasteiger partial charge in [0.25, 0.3) is 5.91 Å². The molecule has 162 valence electrons. The van der Waals surface area contributed by atoms with Crippen molar-refractivity contribution in [1.29, 1.82) is 0 Å². The predicted molar refractivity (Wildman–Crippen MR) is 110 cm³/mol. The third-order valence-corrected chi connectivity index (χ3v) is 6.33. The highest BCUT2D eigenvalue weighted by atomic mass is 19.1. The quantitative estimate of drug-likeness (QED) is 0.752. The van der Waals surface area contributed by atoms with Crippen molar-refractivity contribution in [2.45, 2.75) is 44.4 Å². The lowest BCUT2D eigenvalue weighted by atomic mass is 9.88. The zero-order chi connectivity index (χ0) is 21.1. The molecule has 2 heterocycles. The first kappa shape index (κ1) is 21.8. The lowest BCUT2D eigenvalue weighted by Crippen LogP contribution is -2.50. The number of ether oxygens (including phenoxy) is 3. The molecule has 3 rings (SSSR count). The van der Waals surface area contributed by atoms with E-state index in [4.69, 9.17) is 14.2 Å². The van der Waals surface area contributed by atoms with Gasteiger partial charge in [0.2, 0.25) is 0 Å². The van der Waals surface area contributed by atoms with Crippen LogP contribution in [0, 0.1) is 5.92 Å². The molecule has 2 aliphatic heterocycles. The molecule has 29 heavy (non-hydrogen) atoms. The summed E-state index contributed by atoms with van der Waals surface area (Å²) < 4.78 is 31.5. The van der Waals surface area contributed by atoms with Gasteiger partial charge in [-0.3, -0.25) is 4.79 Å². The Balaban J connectivity index is 1.50. The lowest BCUT2D eigenvalue weighted by molar-refractivity contribution is -0.00753. The van der Waals surface area contributed by atoms with Crippen molar-refractivity contribution < 1.29 is 23.4 Å². The van der Waals surface area contributed by atoms with Crippen molar-refractivity contribution in [2.75, 3.05) is 47.0 Å². The van der Waals surface area contributed by atoms with Crippen LogP contribution in [0.25, 0.3) is 0 Å². The zero-order valence-corrected chi connectivity index (χ0v) is 17.9. The molecule has 0 aliphatic carbocycles. The van der Waals surface area contributed by atoms with Gasteiger partial charge >= 0.3 is 0 Å². The summed E-state index contributed by atoms with van der Waals surface area (Å²) in [6.45, 7) is 7.43. The van der Waals surface area contributed by atoms with Crippen molar-refractivity contribution in [3.8, 4) is 11.5 Å². The molecule has 0 aromatic heterocycles. The van der Waals surface area contributed by atoms with Crippen molar-refractivity contribution >= 4 is 5.91 Å². The number of nitrogens with zero attached hydrogens (tertiary/aromatic N) is 1. The summed E-state index contributed by atoms with van der Waals surface area (Å²) in [6, 6.07) is 4.94. The molecule has 0 spiro atoms. The van der Waals surface area contributed by atoms with Gasteiger partial charge in [-0.1, -0.05) is 0 Å². The highest BCUT2D eigenvalue weighted by molar-refractivity contribution is 5.95. The van der Waals surface area contributed by atoms with E-state index >= 15 is 4.39 Å². The Bertz CT molecular complexity index is 695. The molecule has 1 aromatic carbocycles. The van der Waals surface area contributed by atoms with Crippen molar-refractivity contribution in [3.63, 3.8) is 0 Å². The number of benzene rings is 1. The molecular weight excluding hydrogens is 375 g/mol. The Kier molecular flexibility index (Phi) is 6.69. The Morgan fingerprint density at radius 2 is 1.83 bits per heavy atom. The molecule has 1 unspecified atom stereocenters. The third-order valence-electron chi connectivity index (χ3n) is 6.33. The Labute approximate surface area is 172 Å². The molecule has 2 fully saturated rings. The summed E-state index contributed by atoms with van der Waals surface area (Å²) >= 11 is 0. The number of alkyl halides is 1. The molecule has 1 aromatic rings. The van der Waals surface area contributed by atoms with Crippen LogP contribution in [0.4, 0.5) is 4.39 Å². The van der Waals surface area contributed by atoms with E-state index in [0.717, 1.165) is 19.6 Å². The molecule has 1 N–H and O–H groups in total. The summed E-state index contributed by atoms with van der Waals surface area (Å²) in [4.78, 5) is 14.8. The van der Waals surface area contributed by atoms with E-state index in [2.05, 4.69) is 24.1 Å². The van der Waals surface area contributed by atoms with Crippen LogP contribution in [0.15, 0.2) is 18.2 Å². The third kappa shape index (κ3) is 5.39. The molecular formula is C22H33FN2O4. The molecule has 7 heteroatoms. The van der Waals surface area contributed by atoms with Crippen LogP contribution < -0.4 is 14.8 Å². The minimum atomic E-state index is -1.38. The highest BCUT2D eigenvalue weighted by Crippen LogP contribution is 2.34. The first-order valence-electron chi connectivity index (χ1n) is 10.3. The maximum Gasteiger partial charge on any atom is 0.251 e. The van der Waals surface area contributed by atoms with Crippen LogP contribution in [0.5, 0.6) is 11.5 Å². The standard InChI is InChI=1S/C22H33FN2O4/c1-21(2)17(5-10-29-21)14-25-8-6-22(23,7-9-25)15-24-20(26)16-11-18(27-3)13-19(12-16)28-4/h11-13,17H,5-10,14-15H2,1-4H3,(H,24,26). The fourth-order valence-corrected chi connectivity index (χ4v) is 4.14. The van der Waals surface area contributed by atoms with Gasteiger partial charge in [0.1, 0.15) is 17.2 Å². The molecule has 2 aliphatic rings. The highest BCUT2D eigenvalue weighted by Gasteiger charge is 2.40. The number of rotatable bonds is 7. The summed E-state index contributed by atoms with van der Waals surface area (Å²) in [6.07, 6.45) is 1.90. The number of likely N-dealkylation sites (tertiary alicyclic amines) is 1. The van der Waals surface area contributed by atoms with E-state index < -0.39 is 5.67 Å². The summed E-state index contributed by atoms with van der Waals surface area (Å²) in [5.74, 6) is 1.21. The molecule has 1 amide bonds. The maximum absolute atomic E-state index is 15.3. The van der Waals surface area contributed by atoms with Crippen molar-refractivity contribution in [3.05, 3.63) is 23.8 Å². The second-order valence-corrected chi connectivity index (χ2v) is 8.67. The minimum absolute atomic E-state index is 0.0111. The number of carbonyl (C=O) groups is 1. The van der Waals surface area contributed by atoms with E-state index in [1.54, 1.807) is 18.2 Å².